The molecule has 1 atom stereocenters. The quantitative estimate of drug-likeness (QED) is 0.917. The number of piperazine rings is 1. The van der Waals surface area contributed by atoms with E-state index in [9.17, 15) is 0 Å². The van der Waals surface area contributed by atoms with Gasteiger partial charge in [0.2, 0.25) is 0 Å². The highest BCUT2D eigenvalue weighted by Crippen LogP contribution is 2.25. The van der Waals surface area contributed by atoms with Crippen LogP contribution in [-0.4, -0.2) is 42.1 Å². The van der Waals surface area contributed by atoms with Crippen molar-refractivity contribution in [3.63, 3.8) is 0 Å². The van der Waals surface area contributed by atoms with Gasteiger partial charge >= 0.3 is 0 Å². The molecule has 0 unspecified atom stereocenters. The van der Waals surface area contributed by atoms with Crippen LogP contribution in [0.3, 0.4) is 0 Å². The molecular weight excluding hydrogens is 248 g/mol. The summed E-state index contributed by atoms with van der Waals surface area (Å²) < 4.78 is 0. The van der Waals surface area contributed by atoms with E-state index in [2.05, 4.69) is 20.9 Å². The summed E-state index contributed by atoms with van der Waals surface area (Å²) in [5.41, 5.74) is 7.14. The average molecular weight is 274 g/mol. The van der Waals surface area contributed by atoms with Crippen molar-refractivity contribution in [2.24, 2.45) is 5.73 Å². The SMILES string of the molecule is C[C@@H](N)c1ccnc(N2CCN(C3CCCC3)CC2)c1. The number of nitrogens with two attached hydrogens (primary N) is 1. The minimum absolute atomic E-state index is 0.0801. The van der Waals surface area contributed by atoms with Crippen LogP contribution in [0.25, 0.3) is 0 Å². The number of hydrogen-bond acceptors (Lipinski definition) is 4. The van der Waals surface area contributed by atoms with E-state index < -0.39 is 0 Å². The van der Waals surface area contributed by atoms with Crippen LogP contribution in [0.5, 0.6) is 0 Å². The van der Waals surface area contributed by atoms with Crippen LogP contribution < -0.4 is 10.6 Å². The fourth-order valence-electron chi connectivity index (χ4n) is 3.48. The topological polar surface area (TPSA) is 45.4 Å². The highest BCUT2D eigenvalue weighted by molar-refractivity contribution is 5.42. The minimum atomic E-state index is 0.0801. The van der Waals surface area contributed by atoms with Crippen molar-refractivity contribution >= 4 is 5.82 Å². The molecule has 4 heteroatoms. The maximum Gasteiger partial charge on any atom is 0.128 e. The first-order valence-corrected chi connectivity index (χ1v) is 7.94. The van der Waals surface area contributed by atoms with Crippen LogP contribution in [0.1, 0.15) is 44.2 Å². The Bertz CT molecular complexity index is 432. The normalized spacial score (nSPS) is 23.2. The maximum atomic E-state index is 5.96. The summed E-state index contributed by atoms with van der Waals surface area (Å²) in [7, 11) is 0. The summed E-state index contributed by atoms with van der Waals surface area (Å²) in [6, 6.07) is 5.09. The van der Waals surface area contributed by atoms with Gasteiger partial charge in [0, 0.05) is 44.5 Å². The van der Waals surface area contributed by atoms with Crippen molar-refractivity contribution in [3.05, 3.63) is 23.9 Å². The van der Waals surface area contributed by atoms with Crippen molar-refractivity contribution in [1.29, 1.82) is 0 Å². The maximum absolute atomic E-state index is 5.96. The molecule has 2 aliphatic rings. The zero-order chi connectivity index (χ0) is 13.9. The molecule has 2 fully saturated rings. The van der Waals surface area contributed by atoms with Crippen LogP contribution in [0.2, 0.25) is 0 Å². The molecule has 2 N–H and O–H groups in total. The van der Waals surface area contributed by atoms with Crippen LogP contribution in [0, 0.1) is 0 Å². The van der Waals surface area contributed by atoms with E-state index in [1.807, 2.05) is 19.2 Å². The number of anilines is 1. The van der Waals surface area contributed by atoms with E-state index >= 15 is 0 Å². The summed E-state index contributed by atoms with van der Waals surface area (Å²) >= 11 is 0. The second kappa shape index (κ2) is 6.10. The standard InChI is InChI=1S/C16H26N4/c1-13(17)14-6-7-18-16(12-14)20-10-8-19(9-11-20)15-4-2-3-5-15/h6-7,12-13,15H,2-5,8-11,17H2,1H3/t13-/m1/s1. The Balaban J connectivity index is 1.61. The zero-order valence-corrected chi connectivity index (χ0v) is 12.5. The third kappa shape index (κ3) is 2.96. The van der Waals surface area contributed by atoms with Gasteiger partial charge in [-0.3, -0.25) is 4.90 Å². The highest BCUT2D eigenvalue weighted by atomic mass is 15.3. The lowest BCUT2D eigenvalue weighted by Gasteiger charge is -2.38. The lowest BCUT2D eigenvalue weighted by Crippen LogP contribution is -2.50. The van der Waals surface area contributed by atoms with Gasteiger partial charge in [-0.05, 0) is 37.5 Å². The van der Waals surface area contributed by atoms with E-state index in [1.54, 1.807) is 0 Å². The van der Waals surface area contributed by atoms with Gasteiger partial charge in [-0.1, -0.05) is 12.8 Å². The molecule has 4 nitrogen and oxygen atoms in total. The van der Waals surface area contributed by atoms with Gasteiger partial charge in [-0.15, -0.1) is 0 Å². The highest BCUT2D eigenvalue weighted by Gasteiger charge is 2.26. The number of rotatable bonds is 3. The van der Waals surface area contributed by atoms with E-state index in [-0.39, 0.29) is 6.04 Å². The Morgan fingerprint density at radius 1 is 1.20 bits per heavy atom. The lowest BCUT2D eigenvalue weighted by atomic mass is 10.1. The lowest BCUT2D eigenvalue weighted by molar-refractivity contribution is 0.187. The molecule has 2 heterocycles. The molecule has 0 amide bonds. The average Bonchev–Trinajstić information content (AvgIpc) is 3.02. The summed E-state index contributed by atoms with van der Waals surface area (Å²) in [4.78, 5) is 9.60. The molecule has 1 aliphatic carbocycles. The summed E-state index contributed by atoms with van der Waals surface area (Å²) in [6.07, 6.45) is 7.53. The molecule has 0 radical (unpaired) electrons. The summed E-state index contributed by atoms with van der Waals surface area (Å²) in [5, 5.41) is 0. The van der Waals surface area contributed by atoms with Gasteiger partial charge in [0.1, 0.15) is 5.82 Å². The first kappa shape index (κ1) is 13.8. The second-order valence-electron chi connectivity index (χ2n) is 6.20. The van der Waals surface area contributed by atoms with E-state index in [4.69, 9.17) is 5.73 Å². The monoisotopic (exact) mass is 274 g/mol. The van der Waals surface area contributed by atoms with Gasteiger partial charge in [-0.25, -0.2) is 4.98 Å². The third-order valence-corrected chi connectivity index (χ3v) is 4.77. The predicted molar refractivity (Wildman–Crippen MR) is 82.9 cm³/mol. The smallest absolute Gasteiger partial charge is 0.128 e. The summed E-state index contributed by atoms with van der Waals surface area (Å²) in [6.45, 7) is 6.55. The van der Waals surface area contributed by atoms with Crippen molar-refractivity contribution in [2.45, 2.75) is 44.7 Å². The van der Waals surface area contributed by atoms with Crippen LogP contribution >= 0.6 is 0 Å². The number of aromatic nitrogens is 1. The van der Waals surface area contributed by atoms with Gasteiger partial charge in [0.25, 0.3) is 0 Å². The molecular formula is C16H26N4. The molecule has 110 valence electrons. The van der Waals surface area contributed by atoms with E-state index in [0.717, 1.165) is 24.9 Å². The minimum Gasteiger partial charge on any atom is -0.354 e. The Labute approximate surface area is 122 Å². The van der Waals surface area contributed by atoms with Crippen molar-refractivity contribution in [1.82, 2.24) is 9.88 Å². The first-order chi connectivity index (χ1) is 9.74. The number of hydrogen-bond donors (Lipinski definition) is 1. The van der Waals surface area contributed by atoms with Crippen LogP contribution in [-0.2, 0) is 0 Å². The fourth-order valence-corrected chi connectivity index (χ4v) is 3.48. The zero-order valence-electron chi connectivity index (χ0n) is 12.5. The fraction of sp³-hybridized carbons (Fsp3) is 0.688. The Kier molecular flexibility index (Phi) is 4.22. The van der Waals surface area contributed by atoms with E-state index in [0.29, 0.717) is 0 Å². The van der Waals surface area contributed by atoms with Crippen molar-refractivity contribution < 1.29 is 0 Å². The Morgan fingerprint density at radius 3 is 2.55 bits per heavy atom. The third-order valence-electron chi connectivity index (χ3n) is 4.77. The molecule has 1 saturated carbocycles. The largest absolute Gasteiger partial charge is 0.354 e. The van der Waals surface area contributed by atoms with Crippen molar-refractivity contribution in [3.8, 4) is 0 Å². The molecule has 0 bridgehead atoms. The van der Waals surface area contributed by atoms with E-state index in [1.165, 1.54) is 44.3 Å². The number of nitrogens with zero attached hydrogens (tertiary/aromatic N) is 3. The molecule has 0 spiro atoms. The Hall–Kier alpha value is -1.13. The molecule has 1 aliphatic heterocycles. The first-order valence-electron chi connectivity index (χ1n) is 7.94. The number of pyridine rings is 1. The van der Waals surface area contributed by atoms with Crippen LogP contribution in [0.15, 0.2) is 18.3 Å². The predicted octanol–water partition coefficient (Wildman–Crippen LogP) is 2.17. The van der Waals surface area contributed by atoms with Gasteiger partial charge in [-0.2, -0.15) is 0 Å². The molecule has 0 aromatic carbocycles. The van der Waals surface area contributed by atoms with Crippen LogP contribution in [0.4, 0.5) is 5.82 Å². The van der Waals surface area contributed by atoms with Gasteiger partial charge in [0.05, 0.1) is 0 Å². The molecule has 1 aromatic rings. The van der Waals surface area contributed by atoms with Gasteiger partial charge in [0.15, 0.2) is 0 Å². The van der Waals surface area contributed by atoms with Gasteiger partial charge < -0.3 is 10.6 Å². The summed E-state index contributed by atoms with van der Waals surface area (Å²) in [5.74, 6) is 1.09. The molecule has 20 heavy (non-hydrogen) atoms. The molecule has 1 saturated heterocycles. The van der Waals surface area contributed by atoms with Crippen molar-refractivity contribution in [2.75, 3.05) is 31.1 Å². The second-order valence-corrected chi connectivity index (χ2v) is 6.20. The molecule has 3 rings (SSSR count). The molecule has 1 aromatic heterocycles. The Morgan fingerprint density at radius 2 is 1.90 bits per heavy atom.